The van der Waals surface area contributed by atoms with E-state index < -0.39 is 5.41 Å². The molecule has 1 aliphatic carbocycles. The number of ether oxygens (including phenoxy) is 1. The van der Waals surface area contributed by atoms with Crippen molar-refractivity contribution in [1.29, 1.82) is 5.26 Å². The average molecular weight is 498 g/mol. The molecule has 0 radical (unpaired) electrons. The molecule has 1 saturated carbocycles. The summed E-state index contributed by atoms with van der Waals surface area (Å²) in [7, 11) is 0. The third kappa shape index (κ3) is 4.70. The van der Waals surface area contributed by atoms with Crippen LogP contribution in [0.3, 0.4) is 0 Å². The summed E-state index contributed by atoms with van der Waals surface area (Å²) < 4.78 is 11.8. The Bertz CT molecular complexity index is 1470. The van der Waals surface area contributed by atoms with E-state index >= 15 is 0 Å². The summed E-state index contributed by atoms with van der Waals surface area (Å²) in [6, 6.07) is 11.8. The van der Waals surface area contributed by atoms with Gasteiger partial charge in [0.25, 0.3) is 0 Å². The van der Waals surface area contributed by atoms with E-state index in [0.717, 1.165) is 60.6 Å². The lowest BCUT2D eigenvalue weighted by atomic mass is 10.1. The molecule has 0 spiro atoms. The van der Waals surface area contributed by atoms with Crippen LogP contribution in [0, 0.1) is 30.6 Å². The molecule has 0 aromatic carbocycles. The minimum atomic E-state index is -0.408. The Balaban J connectivity index is 1.30. The Hall–Kier alpha value is -4.46. The van der Waals surface area contributed by atoms with Crippen LogP contribution < -0.4 is 15.0 Å². The number of nitriles is 1. The minimum absolute atomic E-state index is 0.0668. The first-order valence-corrected chi connectivity index (χ1v) is 12.4. The molecule has 11 heteroatoms. The van der Waals surface area contributed by atoms with E-state index in [4.69, 9.17) is 19.2 Å². The number of aromatic amines is 1. The van der Waals surface area contributed by atoms with Gasteiger partial charge in [-0.3, -0.25) is 10.1 Å². The van der Waals surface area contributed by atoms with Crippen LogP contribution in [0.2, 0.25) is 0 Å². The molecule has 1 atom stereocenters. The van der Waals surface area contributed by atoms with E-state index in [1.54, 1.807) is 12.3 Å². The Labute approximate surface area is 213 Å². The molecule has 188 valence electrons. The molecule has 0 amide bonds. The Morgan fingerprint density at radius 1 is 1.24 bits per heavy atom. The Kier molecular flexibility index (Phi) is 5.71. The maximum Gasteiger partial charge on any atom is 0.231 e. The zero-order chi connectivity index (χ0) is 25.4. The number of H-pyrrole nitrogens is 1. The van der Waals surface area contributed by atoms with Crippen LogP contribution in [-0.2, 0) is 0 Å². The molecule has 2 aliphatic rings. The summed E-state index contributed by atoms with van der Waals surface area (Å²) in [5, 5.41) is 24.2. The number of pyridine rings is 1. The number of nitrogens with one attached hydrogen (secondary N) is 2. The summed E-state index contributed by atoms with van der Waals surface area (Å²) in [5.41, 5.74) is 3.12. The Morgan fingerprint density at radius 3 is 2.89 bits per heavy atom. The van der Waals surface area contributed by atoms with Crippen LogP contribution in [0.5, 0.6) is 5.88 Å². The first-order valence-electron chi connectivity index (χ1n) is 12.4. The lowest BCUT2D eigenvalue weighted by Gasteiger charge is -2.23. The number of nitrogens with zero attached hydrogens (tertiary/aromatic N) is 7. The van der Waals surface area contributed by atoms with Gasteiger partial charge in [-0.05, 0) is 51.7 Å². The van der Waals surface area contributed by atoms with Crippen LogP contribution in [-0.4, -0.2) is 43.5 Å². The van der Waals surface area contributed by atoms with E-state index in [1.165, 1.54) is 0 Å². The van der Waals surface area contributed by atoms with Crippen molar-refractivity contribution >= 4 is 17.6 Å². The second kappa shape index (κ2) is 9.20. The first kappa shape index (κ1) is 23.0. The van der Waals surface area contributed by atoms with Gasteiger partial charge in [0.15, 0.2) is 11.6 Å². The van der Waals surface area contributed by atoms with E-state index in [0.29, 0.717) is 30.1 Å². The van der Waals surface area contributed by atoms with Crippen molar-refractivity contribution < 1.29 is 9.26 Å². The van der Waals surface area contributed by atoms with Crippen LogP contribution in [0.4, 0.5) is 17.6 Å². The molecule has 1 unspecified atom stereocenters. The molecule has 0 bridgehead atoms. The van der Waals surface area contributed by atoms with Gasteiger partial charge in [0.05, 0.1) is 17.5 Å². The van der Waals surface area contributed by atoms with Crippen LogP contribution in [0.15, 0.2) is 41.1 Å². The molecule has 6 rings (SSSR count). The van der Waals surface area contributed by atoms with Crippen molar-refractivity contribution in [2.75, 3.05) is 23.4 Å². The highest BCUT2D eigenvalue weighted by Crippen LogP contribution is 2.45. The highest BCUT2D eigenvalue weighted by molar-refractivity contribution is 5.62. The predicted molar refractivity (Wildman–Crippen MR) is 135 cm³/mol. The zero-order valence-electron chi connectivity index (χ0n) is 20.7. The average Bonchev–Trinajstić information content (AvgIpc) is 3.25. The molecule has 37 heavy (non-hydrogen) atoms. The largest absolute Gasteiger partial charge is 0.476 e. The smallest absolute Gasteiger partial charge is 0.231 e. The van der Waals surface area contributed by atoms with Gasteiger partial charge in [0.1, 0.15) is 18.1 Å². The number of hydrogen-bond acceptors (Lipinski definition) is 10. The van der Waals surface area contributed by atoms with Gasteiger partial charge in [-0.15, -0.1) is 0 Å². The van der Waals surface area contributed by atoms with E-state index in [9.17, 15) is 5.26 Å². The summed E-state index contributed by atoms with van der Waals surface area (Å²) in [5.74, 6) is 2.89. The summed E-state index contributed by atoms with van der Waals surface area (Å²) in [6.07, 6.45) is 5.30. The van der Waals surface area contributed by atoms with Crippen LogP contribution in [0.25, 0.3) is 11.3 Å². The maximum atomic E-state index is 9.46. The summed E-state index contributed by atoms with van der Waals surface area (Å²) >= 11 is 0. The quantitative estimate of drug-likeness (QED) is 0.354. The highest BCUT2D eigenvalue weighted by atomic mass is 16.5. The molecular formula is C26H27N9O2. The second-order valence-corrected chi connectivity index (χ2v) is 9.74. The molecule has 1 saturated heterocycles. The predicted octanol–water partition coefficient (Wildman–Crippen LogP) is 4.63. The molecular weight excluding hydrogens is 470 g/mol. The number of aromatic nitrogens is 6. The Morgan fingerprint density at radius 2 is 2.14 bits per heavy atom. The molecule has 4 aromatic heterocycles. The van der Waals surface area contributed by atoms with Gasteiger partial charge >= 0.3 is 0 Å². The van der Waals surface area contributed by atoms with E-state index in [-0.39, 0.29) is 6.04 Å². The van der Waals surface area contributed by atoms with Crippen molar-refractivity contribution in [3.05, 3.63) is 53.7 Å². The number of anilines is 3. The van der Waals surface area contributed by atoms with Gasteiger partial charge in [-0.1, -0.05) is 5.16 Å². The fourth-order valence-electron chi connectivity index (χ4n) is 4.57. The molecule has 1 aliphatic heterocycles. The van der Waals surface area contributed by atoms with Crippen molar-refractivity contribution in [3.8, 4) is 23.2 Å². The molecule has 5 heterocycles. The van der Waals surface area contributed by atoms with Gasteiger partial charge in [0.2, 0.25) is 11.8 Å². The van der Waals surface area contributed by atoms with Crippen molar-refractivity contribution in [2.45, 2.75) is 45.6 Å². The van der Waals surface area contributed by atoms with Crippen LogP contribution in [0.1, 0.15) is 48.9 Å². The summed E-state index contributed by atoms with van der Waals surface area (Å²) in [6.45, 7) is 4.96. The van der Waals surface area contributed by atoms with Gasteiger partial charge in [-0.25, -0.2) is 0 Å². The number of hydrogen-bond donors (Lipinski definition) is 2. The fraction of sp³-hybridized carbons (Fsp3) is 0.385. The fourth-order valence-corrected chi connectivity index (χ4v) is 4.57. The standard InChI is InChI=1S/C26H27N9O2/c1-16-11-23(33-32-16)29-22-13-24(36-15-26(14-27)7-8-26)31-25(30-22)35-10-4-6-20(35)21-12-19(34-37-21)18-5-3-9-28-17(18)2/h3,5,9,11-13,20H,4,6-8,10,15H2,1-2H3,(H2,29,30,31,32,33). The third-order valence-electron chi connectivity index (χ3n) is 6.89. The van der Waals surface area contributed by atoms with Crippen LogP contribution >= 0.6 is 0 Å². The monoisotopic (exact) mass is 497 g/mol. The van der Waals surface area contributed by atoms with E-state index in [2.05, 4.69) is 36.6 Å². The molecule has 2 fully saturated rings. The maximum absolute atomic E-state index is 9.46. The third-order valence-corrected chi connectivity index (χ3v) is 6.89. The van der Waals surface area contributed by atoms with Gasteiger partial charge in [-0.2, -0.15) is 20.3 Å². The minimum Gasteiger partial charge on any atom is -0.476 e. The second-order valence-electron chi connectivity index (χ2n) is 9.74. The zero-order valence-corrected chi connectivity index (χ0v) is 20.7. The van der Waals surface area contributed by atoms with E-state index in [1.807, 2.05) is 38.1 Å². The number of rotatable bonds is 8. The van der Waals surface area contributed by atoms with Gasteiger partial charge < -0.3 is 19.5 Å². The summed E-state index contributed by atoms with van der Waals surface area (Å²) in [4.78, 5) is 16.0. The topological polar surface area (TPSA) is 142 Å². The van der Waals surface area contributed by atoms with Crippen molar-refractivity contribution in [1.82, 2.24) is 30.3 Å². The molecule has 4 aromatic rings. The van der Waals surface area contributed by atoms with Crippen molar-refractivity contribution in [2.24, 2.45) is 5.41 Å². The number of aryl methyl sites for hydroxylation is 2. The molecule has 11 nitrogen and oxygen atoms in total. The lowest BCUT2D eigenvalue weighted by Crippen LogP contribution is -2.25. The molecule has 2 N–H and O–H groups in total. The highest BCUT2D eigenvalue weighted by Gasteiger charge is 2.44. The van der Waals surface area contributed by atoms with Crippen molar-refractivity contribution in [3.63, 3.8) is 0 Å². The normalized spacial score (nSPS) is 18.0. The van der Waals surface area contributed by atoms with Gasteiger partial charge in [0, 0.05) is 47.9 Å². The first-order chi connectivity index (χ1) is 18.0. The SMILES string of the molecule is Cc1cc(Nc2cc(OCC3(C#N)CC3)nc(N3CCCC3c3cc(-c4cccnc4C)no3)n2)n[nH]1. The lowest BCUT2D eigenvalue weighted by molar-refractivity contribution is 0.259.